The van der Waals surface area contributed by atoms with E-state index in [2.05, 4.69) is 26.2 Å². The van der Waals surface area contributed by atoms with Gasteiger partial charge < -0.3 is 28.8 Å². The van der Waals surface area contributed by atoms with Gasteiger partial charge in [-0.25, -0.2) is 22.2 Å². The molecule has 6 atom stereocenters. The molecule has 2 aromatic carbocycles. The van der Waals surface area contributed by atoms with Gasteiger partial charge in [-0.1, -0.05) is 35.5 Å². The lowest BCUT2D eigenvalue weighted by Gasteiger charge is -2.49. The SMILES string of the molecule is O=C([O-])[C@@H]1O[C@@H]2COC(c3ccccc3)O[C@@H]2[C@H](n2cc(-c3cc(F)c(Br)c(F)c3)nn2)[C@H]1OCC(F)F. The van der Waals surface area contributed by atoms with Gasteiger partial charge in [0.15, 0.2) is 6.29 Å². The summed E-state index contributed by atoms with van der Waals surface area (Å²) in [5.41, 5.74) is 0.717. The largest absolute Gasteiger partial charge is 0.547 e. The molecule has 5 rings (SSSR count). The van der Waals surface area contributed by atoms with E-state index < -0.39 is 67.4 Å². The number of halogens is 5. The van der Waals surface area contributed by atoms with Crippen LogP contribution in [0.4, 0.5) is 17.6 Å². The number of hydrogen-bond donors (Lipinski definition) is 0. The Morgan fingerprint density at radius 1 is 1.18 bits per heavy atom. The monoisotopic (exact) mass is 600 g/mol. The Morgan fingerprint density at radius 3 is 2.55 bits per heavy atom. The fourth-order valence-electron chi connectivity index (χ4n) is 4.50. The van der Waals surface area contributed by atoms with Crippen LogP contribution in [0.15, 0.2) is 53.1 Å². The van der Waals surface area contributed by atoms with E-state index in [4.69, 9.17) is 18.9 Å². The summed E-state index contributed by atoms with van der Waals surface area (Å²) in [7, 11) is 0. The number of carboxylic acid groups (broad SMARTS) is 1. The number of carbonyl (C=O) groups is 1. The molecule has 9 nitrogen and oxygen atoms in total. The van der Waals surface area contributed by atoms with Gasteiger partial charge in [0.05, 0.1) is 23.2 Å². The first kappa shape index (κ1) is 26.7. The second kappa shape index (κ2) is 11.1. The highest BCUT2D eigenvalue weighted by Crippen LogP contribution is 2.40. The summed E-state index contributed by atoms with van der Waals surface area (Å²) in [4.78, 5) is 12.0. The molecule has 3 heterocycles. The zero-order chi connectivity index (χ0) is 27.0. The van der Waals surface area contributed by atoms with Crippen molar-refractivity contribution in [3.05, 3.63) is 70.3 Å². The second-order valence-corrected chi connectivity index (χ2v) is 9.40. The van der Waals surface area contributed by atoms with Crippen molar-refractivity contribution in [2.45, 2.75) is 43.2 Å². The van der Waals surface area contributed by atoms with Crippen LogP contribution in [0.2, 0.25) is 0 Å². The molecule has 1 aromatic heterocycles. The lowest BCUT2D eigenvalue weighted by atomic mass is 9.91. The van der Waals surface area contributed by atoms with E-state index in [1.165, 1.54) is 6.20 Å². The first-order chi connectivity index (χ1) is 18.2. The van der Waals surface area contributed by atoms with Crippen LogP contribution < -0.4 is 5.11 Å². The number of benzene rings is 2. The molecule has 2 aliphatic rings. The third kappa shape index (κ3) is 5.31. The molecular formula is C24H19BrF4N3O6-. The lowest BCUT2D eigenvalue weighted by Crippen LogP contribution is -2.63. The van der Waals surface area contributed by atoms with Gasteiger partial charge in [-0.05, 0) is 28.1 Å². The molecule has 0 bridgehead atoms. The molecule has 0 radical (unpaired) electrons. The van der Waals surface area contributed by atoms with E-state index in [1.54, 1.807) is 30.3 Å². The van der Waals surface area contributed by atoms with Crippen molar-refractivity contribution in [3.8, 4) is 11.3 Å². The average Bonchev–Trinajstić information content (AvgIpc) is 3.39. The predicted octanol–water partition coefficient (Wildman–Crippen LogP) is 2.81. The molecule has 0 spiro atoms. The first-order valence-corrected chi connectivity index (χ1v) is 12.2. The van der Waals surface area contributed by atoms with Gasteiger partial charge in [0.25, 0.3) is 6.43 Å². The van der Waals surface area contributed by atoms with Gasteiger partial charge in [-0.3, -0.25) is 0 Å². The number of alkyl halides is 2. The minimum Gasteiger partial charge on any atom is -0.547 e. The molecule has 0 amide bonds. The van der Waals surface area contributed by atoms with Crippen molar-refractivity contribution in [3.63, 3.8) is 0 Å². The zero-order valence-electron chi connectivity index (χ0n) is 19.3. The van der Waals surface area contributed by atoms with Crippen molar-refractivity contribution >= 4 is 21.9 Å². The first-order valence-electron chi connectivity index (χ1n) is 11.4. The normalized spacial score (nSPS) is 27.3. The van der Waals surface area contributed by atoms with E-state index in [0.29, 0.717) is 5.56 Å². The summed E-state index contributed by atoms with van der Waals surface area (Å²) >= 11 is 2.80. The average molecular weight is 601 g/mol. The summed E-state index contributed by atoms with van der Waals surface area (Å²) in [5.74, 6) is -3.46. The Kier molecular flexibility index (Phi) is 7.77. The molecule has 2 aliphatic heterocycles. The highest BCUT2D eigenvalue weighted by Gasteiger charge is 2.52. The number of aromatic nitrogens is 3. The molecule has 2 fully saturated rings. The maximum atomic E-state index is 14.1. The number of ether oxygens (including phenoxy) is 4. The molecule has 14 heteroatoms. The van der Waals surface area contributed by atoms with Gasteiger partial charge in [0.2, 0.25) is 0 Å². The molecule has 202 valence electrons. The molecule has 2 saturated heterocycles. The summed E-state index contributed by atoms with van der Waals surface area (Å²) in [6.45, 7) is -1.20. The molecule has 0 saturated carbocycles. The van der Waals surface area contributed by atoms with E-state index in [1.807, 2.05) is 0 Å². The molecular weight excluding hydrogens is 582 g/mol. The van der Waals surface area contributed by atoms with Crippen LogP contribution in [0.5, 0.6) is 0 Å². The molecule has 38 heavy (non-hydrogen) atoms. The molecule has 1 unspecified atom stereocenters. The van der Waals surface area contributed by atoms with E-state index >= 15 is 0 Å². The Balaban J connectivity index is 1.54. The van der Waals surface area contributed by atoms with Crippen molar-refractivity contribution in [1.82, 2.24) is 15.0 Å². The fraction of sp³-hybridized carbons (Fsp3) is 0.375. The van der Waals surface area contributed by atoms with Crippen LogP contribution in [0.25, 0.3) is 11.3 Å². The highest BCUT2D eigenvalue weighted by molar-refractivity contribution is 9.10. The minimum atomic E-state index is -2.91. The predicted molar refractivity (Wildman–Crippen MR) is 122 cm³/mol. The summed E-state index contributed by atoms with van der Waals surface area (Å²) < 4.78 is 78.1. The quantitative estimate of drug-likeness (QED) is 0.301. The Morgan fingerprint density at radius 2 is 1.89 bits per heavy atom. The van der Waals surface area contributed by atoms with Crippen molar-refractivity contribution in [1.29, 1.82) is 0 Å². The second-order valence-electron chi connectivity index (χ2n) is 8.61. The van der Waals surface area contributed by atoms with E-state index in [9.17, 15) is 27.5 Å². The Hall–Kier alpha value is -2.91. The van der Waals surface area contributed by atoms with Gasteiger partial charge in [0, 0.05) is 11.1 Å². The molecule has 0 aliphatic carbocycles. The third-order valence-electron chi connectivity index (χ3n) is 6.17. The van der Waals surface area contributed by atoms with Crippen molar-refractivity contribution in [2.75, 3.05) is 13.2 Å². The van der Waals surface area contributed by atoms with Crippen molar-refractivity contribution < 1.29 is 46.4 Å². The van der Waals surface area contributed by atoms with Gasteiger partial charge in [-0.15, -0.1) is 5.10 Å². The van der Waals surface area contributed by atoms with Crippen molar-refractivity contribution in [2.24, 2.45) is 0 Å². The summed E-state index contributed by atoms with van der Waals surface area (Å²) in [6.07, 6.45) is -7.81. The van der Waals surface area contributed by atoms with Crippen LogP contribution in [-0.4, -0.2) is 65.0 Å². The molecule has 0 N–H and O–H groups in total. The maximum absolute atomic E-state index is 14.1. The highest BCUT2D eigenvalue weighted by atomic mass is 79.9. The number of aliphatic carboxylic acids is 1. The Bertz CT molecular complexity index is 1280. The topological polar surface area (TPSA) is 108 Å². The van der Waals surface area contributed by atoms with Crippen LogP contribution in [-0.2, 0) is 23.7 Å². The summed E-state index contributed by atoms with van der Waals surface area (Å²) in [5, 5.41) is 19.9. The number of carboxylic acids is 1. The van der Waals surface area contributed by atoms with Gasteiger partial charge in [0.1, 0.15) is 54.4 Å². The molecule has 3 aromatic rings. The van der Waals surface area contributed by atoms with Gasteiger partial charge in [-0.2, -0.15) is 0 Å². The number of carbonyl (C=O) groups excluding carboxylic acids is 1. The van der Waals surface area contributed by atoms with E-state index in [0.717, 1.165) is 16.8 Å². The number of nitrogens with zero attached hydrogens (tertiary/aromatic N) is 3. The third-order valence-corrected chi connectivity index (χ3v) is 6.92. The standard InChI is InChI=1S/C24H20BrF4N3O6/c25-18-13(26)6-12(7-14(18)27)15-8-32(31-30-15)19-20-16(9-36-24(38-20)11-4-2-1-3-5-11)37-22(23(33)34)21(19)35-10-17(28)29/h1-8,16-17,19-22,24H,9-10H2,(H,33,34)/p-1/t16-,19+,20+,21-,22-,24?/m1/s1. The lowest BCUT2D eigenvalue weighted by molar-refractivity contribution is -0.352. The van der Waals surface area contributed by atoms with E-state index in [-0.39, 0.29) is 22.3 Å². The smallest absolute Gasteiger partial charge is 0.261 e. The number of hydrogen-bond acceptors (Lipinski definition) is 8. The minimum absolute atomic E-state index is 0.0302. The van der Waals surface area contributed by atoms with Gasteiger partial charge >= 0.3 is 0 Å². The summed E-state index contributed by atoms with van der Waals surface area (Å²) in [6, 6.07) is 9.72. The zero-order valence-corrected chi connectivity index (χ0v) is 20.8. The van der Waals surface area contributed by atoms with Crippen LogP contribution in [0.1, 0.15) is 17.9 Å². The van der Waals surface area contributed by atoms with Crippen LogP contribution in [0, 0.1) is 11.6 Å². The Labute approximate surface area is 221 Å². The number of rotatable bonds is 7. The van der Waals surface area contributed by atoms with Crippen LogP contribution >= 0.6 is 15.9 Å². The fourth-order valence-corrected chi connectivity index (χ4v) is 4.73. The van der Waals surface area contributed by atoms with Crippen LogP contribution in [0.3, 0.4) is 0 Å². The number of fused-ring (bicyclic) bond motifs is 1. The maximum Gasteiger partial charge on any atom is 0.261 e.